The van der Waals surface area contributed by atoms with E-state index in [1.807, 2.05) is 42.6 Å². The van der Waals surface area contributed by atoms with Crippen LogP contribution in [0, 0.1) is 6.07 Å². The minimum absolute atomic E-state index is 0. The second-order valence-corrected chi connectivity index (χ2v) is 15.2. The van der Waals surface area contributed by atoms with Gasteiger partial charge in [0.1, 0.15) is 0 Å². The molecule has 0 atom stereocenters. The minimum atomic E-state index is -0.126. The molecule has 0 saturated carbocycles. The van der Waals surface area contributed by atoms with Gasteiger partial charge in [0.2, 0.25) is 5.88 Å². The fourth-order valence-electron chi connectivity index (χ4n) is 4.41. The molecule has 4 aromatic rings. The maximum absolute atomic E-state index is 6.35. The van der Waals surface area contributed by atoms with E-state index in [0.29, 0.717) is 22.9 Å². The van der Waals surface area contributed by atoms with Gasteiger partial charge in [0, 0.05) is 18.0 Å². The molecule has 43 heavy (non-hydrogen) atoms. The Balaban J connectivity index is 0.00000506. The number of pyridine rings is 3. The van der Waals surface area contributed by atoms with Crippen molar-refractivity contribution in [2.45, 2.75) is 105 Å². The van der Waals surface area contributed by atoms with E-state index in [1.165, 1.54) is 11.1 Å². The van der Waals surface area contributed by atoms with E-state index in [-0.39, 0.29) is 42.7 Å². The molecule has 0 amide bonds. The average molecular weight is 758 g/mol. The molecule has 0 radical (unpaired) electrons. The van der Waals surface area contributed by atoms with E-state index < -0.39 is 0 Å². The Bertz CT molecular complexity index is 1640. The van der Waals surface area contributed by atoms with Gasteiger partial charge in [0.05, 0.1) is 11.5 Å². The Labute approximate surface area is 272 Å². The van der Waals surface area contributed by atoms with Crippen LogP contribution in [0.25, 0.3) is 11.4 Å². The zero-order chi connectivity index (χ0) is 31.1. The third kappa shape index (κ3) is 8.98. The summed E-state index contributed by atoms with van der Waals surface area (Å²) >= 11 is 0. The summed E-state index contributed by atoms with van der Waals surface area (Å²) in [4.78, 5) is 19.4. The third-order valence-electron chi connectivity index (χ3n) is 7.30. The van der Waals surface area contributed by atoms with Gasteiger partial charge in [-0.2, -0.15) is 12.1 Å². The molecule has 1 aromatic carbocycles. The number of aromatic nitrogens is 3. The normalized spacial score (nSPS) is 13.1. The molecular weight excluding hydrogens is 712 g/mol. The van der Waals surface area contributed by atoms with E-state index in [4.69, 9.17) is 19.7 Å². The molecule has 0 aliphatic rings. The molecule has 6 heteroatoms. The summed E-state index contributed by atoms with van der Waals surface area (Å²) in [6.07, 6.45) is 1.82. The van der Waals surface area contributed by atoms with Crippen LogP contribution in [0.4, 0.5) is 5.82 Å². The van der Waals surface area contributed by atoms with Crippen molar-refractivity contribution in [1.82, 2.24) is 15.0 Å². The van der Waals surface area contributed by atoms with Crippen LogP contribution in [0.5, 0.6) is 11.6 Å². The van der Waals surface area contributed by atoms with Crippen LogP contribution in [-0.4, -0.2) is 9.97 Å². The van der Waals surface area contributed by atoms with Gasteiger partial charge in [-0.15, -0.1) is 17.7 Å². The minimum Gasteiger partial charge on any atom is -0.466 e. The van der Waals surface area contributed by atoms with Gasteiger partial charge in [-0.05, 0) is 62.2 Å². The first-order valence-corrected chi connectivity index (χ1v) is 14.7. The van der Waals surface area contributed by atoms with E-state index in [0.717, 1.165) is 22.5 Å². The Morgan fingerprint density at radius 3 is 1.86 bits per heavy atom. The standard InChI is InChI=1S/C37H46N4O.Pt/c1-34(2,3)24-14-13-15-28(18-24)42-33-23-27(37(10,11)12)20-30(40-33)29-19-26(36(7,8)9)22-32(39-29)41-31-21-25(16-17-38-31)35(4,5)6;/h13-14,16-23H,1-12H3;/q-2;+2. The molecule has 0 N–H and O–H groups in total. The summed E-state index contributed by atoms with van der Waals surface area (Å²) in [5.41, 5.74) is 6.42. The smallest absolute Gasteiger partial charge is 0.466 e. The van der Waals surface area contributed by atoms with Crippen molar-refractivity contribution >= 4 is 5.82 Å². The summed E-state index contributed by atoms with van der Waals surface area (Å²) in [5.74, 6) is 1.80. The SMILES string of the molecule is CC(C)(C)c1cc[c-]c(Oc2cc(C(C)(C)C)cc(-c3cc(C(C)(C)C)cc(=Nc4cc(C(C)(C)C)ccn4)[n-]3)n2)c1.[Pt+2]. The quantitative estimate of drug-likeness (QED) is 0.195. The van der Waals surface area contributed by atoms with Crippen LogP contribution in [-0.2, 0) is 42.7 Å². The molecule has 0 aliphatic heterocycles. The van der Waals surface area contributed by atoms with Gasteiger partial charge in [-0.1, -0.05) is 101 Å². The third-order valence-corrected chi connectivity index (χ3v) is 7.30. The first-order valence-electron chi connectivity index (χ1n) is 14.7. The van der Waals surface area contributed by atoms with Crippen LogP contribution in [0.15, 0.2) is 65.8 Å². The second kappa shape index (κ2) is 12.5. The van der Waals surface area contributed by atoms with Gasteiger partial charge in [0.15, 0.2) is 0 Å². The summed E-state index contributed by atoms with van der Waals surface area (Å²) in [5, 5.41) is 0. The molecule has 3 aromatic heterocycles. The monoisotopic (exact) mass is 757 g/mol. The molecule has 0 bridgehead atoms. The fourth-order valence-corrected chi connectivity index (χ4v) is 4.41. The Kier molecular flexibility index (Phi) is 10.0. The van der Waals surface area contributed by atoms with Crippen LogP contribution in [0.2, 0.25) is 0 Å². The maximum atomic E-state index is 6.35. The average Bonchev–Trinajstić information content (AvgIpc) is 2.87. The van der Waals surface area contributed by atoms with Gasteiger partial charge >= 0.3 is 21.1 Å². The Morgan fingerprint density at radius 1 is 0.674 bits per heavy atom. The first-order chi connectivity index (χ1) is 19.3. The zero-order valence-electron chi connectivity index (χ0n) is 27.8. The largest absolute Gasteiger partial charge is 2.00 e. The van der Waals surface area contributed by atoms with Gasteiger partial charge in [0.25, 0.3) is 0 Å². The van der Waals surface area contributed by atoms with Crippen LogP contribution >= 0.6 is 0 Å². The summed E-state index contributed by atoms with van der Waals surface area (Å²) in [6.45, 7) is 26.3. The molecule has 0 spiro atoms. The number of rotatable bonds is 4. The molecule has 0 fully saturated rings. The van der Waals surface area contributed by atoms with E-state index >= 15 is 0 Å². The van der Waals surface area contributed by atoms with Gasteiger partial charge in [-0.3, -0.25) is 4.98 Å². The molecule has 5 nitrogen and oxygen atoms in total. The number of benzene rings is 1. The second-order valence-electron chi connectivity index (χ2n) is 15.2. The molecule has 0 saturated heterocycles. The maximum Gasteiger partial charge on any atom is 2.00 e. The van der Waals surface area contributed by atoms with E-state index in [1.54, 1.807) is 0 Å². The summed E-state index contributed by atoms with van der Waals surface area (Å²) in [7, 11) is 0. The number of ether oxygens (including phenoxy) is 1. The van der Waals surface area contributed by atoms with Crippen LogP contribution in [0.3, 0.4) is 0 Å². The van der Waals surface area contributed by atoms with Crippen LogP contribution in [0.1, 0.15) is 105 Å². The van der Waals surface area contributed by atoms with Crippen molar-refractivity contribution < 1.29 is 25.8 Å². The zero-order valence-corrected chi connectivity index (χ0v) is 30.1. The van der Waals surface area contributed by atoms with E-state index in [9.17, 15) is 0 Å². The Morgan fingerprint density at radius 2 is 1.26 bits per heavy atom. The predicted octanol–water partition coefficient (Wildman–Crippen LogP) is 9.11. The van der Waals surface area contributed by atoms with Crippen molar-refractivity contribution in [2.24, 2.45) is 4.99 Å². The van der Waals surface area contributed by atoms with Gasteiger partial charge < -0.3 is 14.7 Å². The molecule has 0 aliphatic carbocycles. The predicted molar refractivity (Wildman–Crippen MR) is 173 cm³/mol. The summed E-state index contributed by atoms with van der Waals surface area (Å²) < 4.78 is 6.35. The Hall–Kier alpha value is -3.04. The van der Waals surface area contributed by atoms with Crippen molar-refractivity contribution in [3.05, 3.63) is 94.6 Å². The van der Waals surface area contributed by atoms with Crippen LogP contribution < -0.4 is 15.2 Å². The fraction of sp³-hybridized carbons (Fsp3) is 0.432. The molecule has 0 unspecified atom stereocenters. The number of hydrogen-bond acceptors (Lipinski definition) is 4. The van der Waals surface area contributed by atoms with E-state index in [2.05, 4.69) is 112 Å². The molecule has 4 rings (SSSR count). The number of hydrogen-bond donors (Lipinski definition) is 0. The molecule has 230 valence electrons. The first kappa shape index (κ1) is 34.4. The van der Waals surface area contributed by atoms with Crippen molar-refractivity contribution in [2.75, 3.05) is 0 Å². The van der Waals surface area contributed by atoms with Crippen molar-refractivity contribution in [3.8, 4) is 23.0 Å². The topological polar surface area (TPSA) is 61.5 Å². The van der Waals surface area contributed by atoms with Crippen molar-refractivity contribution in [3.63, 3.8) is 0 Å². The van der Waals surface area contributed by atoms with Crippen molar-refractivity contribution in [1.29, 1.82) is 0 Å². The summed E-state index contributed by atoms with van der Waals surface area (Å²) in [6, 6.07) is 21.6. The number of nitrogens with zero attached hydrogens (tertiary/aromatic N) is 4. The molecule has 3 heterocycles. The molecular formula is C37H46N4OPt. The van der Waals surface area contributed by atoms with Gasteiger partial charge in [-0.25, -0.2) is 4.98 Å².